The van der Waals surface area contributed by atoms with E-state index in [1.807, 2.05) is 0 Å². The van der Waals surface area contributed by atoms with Crippen LogP contribution in [0.5, 0.6) is 5.75 Å². The molecule has 1 aromatic heterocycles. The molecule has 106 valence electrons. The van der Waals surface area contributed by atoms with Crippen molar-refractivity contribution in [3.8, 4) is 5.75 Å². The topological polar surface area (TPSA) is 63.5 Å². The molecule has 20 heavy (non-hydrogen) atoms. The molecule has 2 N–H and O–H groups in total. The molecule has 5 nitrogen and oxygen atoms in total. The number of nitrogens with one attached hydrogen (secondary N) is 2. The van der Waals surface area contributed by atoms with E-state index >= 15 is 0 Å². The largest absolute Gasteiger partial charge is 0.495 e. The first-order valence-electron chi connectivity index (χ1n) is 6.05. The summed E-state index contributed by atoms with van der Waals surface area (Å²) in [5, 5.41) is 6.22. The molecule has 1 aromatic carbocycles. The van der Waals surface area contributed by atoms with Crippen molar-refractivity contribution >= 4 is 23.2 Å². The lowest BCUT2D eigenvalue weighted by molar-refractivity contribution is -0.119. The highest BCUT2D eigenvalue weighted by Crippen LogP contribution is 2.26. The smallest absolute Gasteiger partial charge is 0.239 e. The maximum Gasteiger partial charge on any atom is 0.239 e. The van der Waals surface area contributed by atoms with Crippen molar-refractivity contribution < 1.29 is 13.9 Å². The lowest BCUT2D eigenvalue weighted by atomic mass is 10.3. The predicted octanol–water partition coefficient (Wildman–Crippen LogP) is 2.67. The van der Waals surface area contributed by atoms with Crippen LogP contribution in [0, 0.1) is 0 Å². The summed E-state index contributed by atoms with van der Waals surface area (Å²) in [7, 11) is 1.55. The van der Waals surface area contributed by atoms with E-state index in [1.54, 1.807) is 43.7 Å². The average molecular weight is 295 g/mol. The molecule has 0 saturated heterocycles. The average Bonchev–Trinajstić information content (AvgIpc) is 2.96. The Morgan fingerprint density at radius 3 is 2.90 bits per heavy atom. The highest BCUT2D eigenvalue weighted by Gasteiger charge is 2.05. The quantitative estimate of drug-likeness (QED) is 0.860. The lowest BCUT2D eigenvalue weighted by Gasteiger charge is -2.09. The molecule has 6 heteroatoms. The maximum absolute atomic E-state index is 11.6. The van der Waals surface area contributed by atoms with E-state index in [-0.39, 0.29) is 12.5 Å². The Balaban J connectivity index is 1.79. The minimum absolute atomic E-state index is 0.131. The number of anilines is 1. The third-order valence-corrected chi connectivity index (χ3v) is 2.94. The van der Waals surface area contributed by atoms with Crippen molar-refractivity contribution in [3.63, 3.8) is 0 Å². The van der Waals surface area contributed by atoms with Crippen LogP contribution in [0.15, 0.2) is 41.0 Å². The number of halogens is 1. The maximum atomic E-state index is 11.6. The number of amides is 1. The number of hydrogen-bond donors (Lipinski definition) is 2. The molecule has 0 spiro atoms. The molecule has 2 rings (SSSR count). The molecule has 0 radical (unpaired) electrons. The molecule has 0 aliphatic rings. The number of hydrogen-bond acceptors (Lipinski definition) is 4. The van der Waals surface area contributed by atoms with Crippen LogP contribution in [0.4, 0.5) is 5.69 Å². The van der Waals surface area contributed by atoms with Crippen molar-refractivity contribution in [2.24, 2.45) is 0 Å². The van der Waals surface area contributed by atoms with Crippen LogP contribution in [0.2, 0.25) is 5.02 Å². The Morgan fingerprint density at radius 1 is 1.40 bits per heavy atom. The van der Waals surface area contributed by atoms with Crippen molar-refractivity contribution in [2.45, 2.75) is 6.54 Å². The minimum atomic E-state index is -0.131. The zero-order valence-electron chi connectivity index (χ0n) is 11.0. The van der Waals surface area contributed by atoms with Crippen molar-refractivity contribution in [2.75, 3.05) is 19.0 Å². The van der Waals surface area contributed by atoms with E-state index in [0.717, 1.165) is 5.69 Å². The van der Waals surface area contributed by atoms with Gasteiger partial charge in [-0.2, -0.15) is 0 Å². The second-order valence-corrected chi connectivity index (χ2v) is 4.47. The lowest BCUT2D eigenvalue weighted by Crippen LogP contribution is -2.29. The Morgan fingerprint density at radius 2 is 2.25 bits per heavy atom. The van der Waals surface area contributed by atoms with E-state index < -0.39 is 0 Å². The fourth-order valence-electron chi connectivity index (χ4n) is 1.62. The number of furan rings is 1. The molecular weight excluding hydrogens is 280 g/mol. The predicted molar refractivity (Wildman–Crippen MR) is 77.0 cm³/mol. The van der Waals surface area contributed by atoms with Crippen LogP contribution in [-0.2, 0) is 11.3 Å². The first-order chi connectivity index (χ1) is 9.69. The Kier molecular flexibility index (Phi) is 4.90. The Labute approximate surface area is 121 Å². The van der Waals surface area contributed by atoms with Crippen LogP contribution in [0.25, 0.3) is 0 Å². The molecule has 2 aromatic rings. The van der Waals surface area contributed by atoms with Gasteiger partial charge in [0.1, 0.15) is 11.5 Å². The van der Waals surface area contributed by atoms with Crippen LogP contribution in [0.1, 0.15) is 5.76 Å². The van der Waals surface area contributed by atoms with E-state index in [0.29, 0.717) is 23.1 Å². The summed E-state index contributed by atoms with van der Waals surface area (Å²) in [6.45, 7) is 0.528. The van der Waals surface area contributed by atoms with Gasteiger partial charge in [-0.25, -0.2) is 0 Å². The highest BCUT2D eigenvalue weighted by molar-refractivity contribution is 6.32. The van der Waals surface area contributed by atoms with Crippen LogP contribution >= 0.6 is 11.6 Å². The third-order valence-electron chi connectivity index (χ3n) is 2.64. The molecule has 0 bridgehead atoms. The standard InChI is InChI=1S/C14H15ClN2O3/c1-19-13-5-4-10(7-12(13)15)16-9-14(18)17-8-11-3-2-6-20-11/h2-7,16H,8-9H2,1H3,(H,17,18). The fraction of sp³-hybridized carbons (Fsp3) is 0.214. The highest BCUT2D eigenvalue weighted by atomic mass is 35.5. The molecule has 0 aliphatic carbocycles. The summed E-state index contributed by atoms with van der Waals surface area (Å²) in [6, 6.07) is 8.83. The Bertz CT molecular complexity index is 570. The molecule has 0 fully saturated rings. The van der Waals surface area contributed by atoms with Crippen LogP contribution in [-0.4, -0.2) is 19.6 Å². The van der Waals surface area contributed by atoms with E-state index in [9.17, 15) is 4.79 Å². The molecule has 0 atom stereocenters. The van der Waals surface area contributed by atoms with Gasteiger partial charge in [0.15, 0.2) is 0 Å². The van der Waals surface area contributed by atoms with Gasteiger partial charge in [0.05, 0.1) is 31.5 Å². The number of methoxy groups -OCH3 is 1. The van der Waals surface area contributed by atoms with Gasteiger partial charge < -0.3 is 19.8 Å². The summed E-state index contributed by atoms with van der Waals surface area (Å²) in [6.07, 6.45) is 1.57. The molecule has 1 heterocycles. The first kappa shape index (κ1) is 14.3. The van der Waals surface area contributed by atoms with Gasteiger partial charge in [-0.3, -0.25) is 4.79 Å². The number of ether oxygens (including phenoxy) is 1. The van der Waals surface area contributed by atoms with Gasteiger partial charge in [0.25, 0.3) is 0 Å². The number of carbonyl (C=O) groups is 1. The second kappa shape index (κ2) is 6.86. The zero-order chi connectivity index (χ0) is 14.4. The fourth-order valence-corrected chi connectivity index (χ4v) is 1.88. The number of carbonyl (C=O) groups excluding carboxylic acids is 1. The second-order valence-electron chi connectivity index (χ2n) is 4.06. The van der Waals surface area contributed by atoms with Gasteiger partial charge in [0.2, 0.25) is 5.91 Å². The van der Waals surface area contributed by atoms with Gasteiger partial charge in [-0.15, -0.1) is 0 Å². The third kappa shape index (κ3) is 3.93. The van der Waals surface area contributed by atoms with E-state index in [4.69, 9.17) is 20.8 Å². The number of benzene rings is 1. The summed E-state index contributed by atoms with van der Waals surface area (Å²) in [5.41, 5.74) is 0.754. The van der Waals surface area contributed by atoms with Crippen molar-refractivity contribution in [1.29, 1.82) is 0 Å². The monoisotopic (exact) mass is 294 g/mol. The van der Waals surface area contributed by atoms with Crippen molar-refractivity contribution in [1.82, 2.24) is 5.32 Å². The molecule has 1 amide bonds. The summed E-state index contributed by atoms with van der Waals surface area (Å²) < 4.78 is 10.2. The van der Waals surface area contributed by atoms with Gasteiger partial charge in [-0.05, 0) is 30.3 Å². The van der Waals surface area contributed by atoms with Gasteiger partial charge in [0, 0.05) is 5.69 Å². The number of rotatable bonds is 6. The summed E-state index contributed by atoms with van der Waals surface area (Å²) >= 11 is 6.00. The van der Waals surface area contributed by atoms with Gasteiger partial charge >= 0.3 is 0 Å². The molecule has 0 aliphatic heterocycles. The van der Waals surface area contributed by atoms with Crippen molar-refractivity contribution in [3.05, 3.63) is 47.4 Å². The summed E-state index contributed by atoms with van der Waals surface area (Å²) in [5.74, 6) is 1.18. The Hall–Kier alpha value is -2.14. The molecular formula is C14H15ClN2O3. The van der Waals surface area contributed by atoms with E-state index in [2.05, 4.69) is 10.6 Å². The molecule has 0 unspecified atom stereocenters. The van der Waals surface area contributed by atoms with Gasteiger partial charge in [-0.1, -0.05) is 11.6 Å². The zero-order valence-corrected chi connectivity index (χ0v) is 11.7. The SMILES string of the molecule is COc1ccc(NCC(=O)NCc2ccco2)cc1Cl. The first-order valence-corrected chi connectivity index (χ1v) is 6.43. The van der Waals surface area contributed by atoms with E-state index in [1.165, 1.54) is 0 Å². The minimum Gasteiger partial charge on any atom is -0.495 e. The van der Waals surface area contributed by atoms with Crippen LogP contribution in [0.3, 0.4) is 0 Å². The van der Waals surface area contributed by atoms with Crippen LogP contribution < -0.4 is 15.4 Å². The summed E-state index contributed by atoms with van der Waals surface area (Å²) in [4.78, 5) is 11.6. The molecule has 0 saturated carbocycles. The normalized spacial score (nSPS) is 10.1.